The Kier molecular flexibility index (Phi) is 18.1. The summed E-state index contributed by atoms with van der Waals surface area (Å²) in [6.45, 7) is 14.4. The fourth-order valence-electron chi connectivity index (χ4n) is 7.81. The van der Waals surface area contributed by atoms with Gasteiger partial charge in [-0.3, -0.25) is 19.7 Å². The van der Waals surface area contributed by atoms with Crippen LogP contribution >= 0.6 is 0 Å². The SMILES string of the molecule is CCCC(O)C(=O)NC1CC(C)C(OC2OC(CCC(=O)OCc3ccc([N+](=O)[O-])cc3)=CCC2NC(=O)OC(C)(C)C)C(O)C1OC1OCC(C)(O)C(N(C)C(=O)OC(C)(C)C)C1O. The molecule has 6 N–H and O–H groups in total. The number of allylic oxidation sites excluding steroid dienone is 1. The molecule has 2 aliphatic heterocycles. The number of likely N-dealkylation sites (N-methyl/N-ethyl adjacent to an activating group) is 1. The van der Waals surface area contributed by atoms with E-state index < -0.39 is 120 Å². The Morgan fingerprint density at radius 1 is 0.969 bits per heavy atom. The molecule has 21 nitrogen and oxygen atoms in total. The van der Waals surface area contributed by atoms with E-state index in [1.54, 1.807) is 61.5 Å². The Bertz CT molecular complexity index is 1830. The molecule has 0 radical (unpaired) electrons. The number of ether oxygens (including phenoxy) is 7. The van der Waals surface area contributed by atoms with Crippen molar-refractivity contribution in [1.82, 2.24) is 15.5 Å². The van der Waals surface area contributed by atoms with E-state index in [1.165, 1.54) is 38.2 Å². The Morgan fingerprint density at radius 2 is 1.60 bits per heavy atom. The summed E-state index contributed by atoms with van der Waals surface area (Å²) in [5, 5.41) is 62.3. The molecule has 12 unspecified atom stereocenters. The fourth-order valence-corrected chi connectivity index (χ4v) is 7.81. The van der Waals surface area contributed by atoms with Crippen LogP contribution in [0.4, 0.5) is 15.3 Å². The molecule has 0 bridgehead atoms. The Hall–Kier alpha value is -4.64. The van der Waals surface area contributed by atoms with E-state index in [-0.39, 0.29) is 44.4 Å². The van der Waals surface area contributed by atoms with E-state index in [0.29, 0.717) is 17.7 Å². The van der Waals surface area contributed by atoms with E-state index >= 15 is 0 Å². The number of aliphatic hydroxyl groups excluding tert-OH is 3. The fraction of sp³-hybridized carbons (Fsp3) is 0.727. The number of benzene rings is 1. The zero-order valence-corrected chi connectivity index (χ0v) is 38.9. The first-order chi connectivity index (χ1) is 30.2. The minimum Gasteiger partial charge on any atom is -0.467 e. The summed E-state index contributed by atoms with van der Waals surface area (Å²) in [6, 6.07) is 2.38. The maximum absolute atomic E-state index is 13.2. The van der Waals surface area contributed by atoms with Gasteiger partial charge in [0.1, 0.15) is 47.8 Å². The van der Waals surface area contributed by atoms with Crippen molar-refractivity contribution in [3.8, 4) is 0 Å². The molecule has 0 spiro atoms. The normalized spacial score (nSPS) is 29.8. The monoisotopic (exact) mass is 924 g/mol. The van der Waals surface area contributed by atoms with E-state index in [1.807, 2.05) is 0 Å². The number of esters is 1. The van der Waals surface area contributed by atoms with Gasteiger partial charge < -0.3 is 69.1 Å². The van der Waals surface area contributed by atoms with Gasteiger partial charge in [0.05, 0.1) is 47.9 Å². The molecule has 21 heteroatoms. The van der Waals surface area contributed by atoms with Crippen molar-refractivity contribution < 1.29 is 77.7 Å². The van der Waals surface area contributed by atoms with Gasteiger partial charge in [0, 0.05) is 25.6 Å². The zero-order chi connectivity index (χ0) is 48.6. The van der Waals surface area contributed by atoms with Crippen LogP contribution in [0.25, 0.3) is 0 Å². The summed E-state index contributed by atoms with van der Waals surface area (Å²) in [6.07, 6.45) is -9.21. The number of hydrogen-bond donors (Lipinski definition) is 6. The second-order valence-electron chi connectivity index (χ2n) is 19.1. The van der Waals surface area contributed by atoms with Gasteiger partial charge in [0.15, 0.2) is 6.29 Å². The van der Waals surface area contributed by atoms with Gasteiger partial charge in [-0.25, -0.2) is 9.59 Å². The van der Waals surface area contributed by atoms with Crippen LogP contribution in [0.2, 0.25) is 0 Å². The number of carbonyl (C=O) groups is 4. The number of aliphatic hydroxyl groups is 4. The van der Waals surface area contributed by atoms with Crippen LogP contribution in [-0.4, -0.2) is 146 Å². The molecule has 65 heavy (non-hydrogen) atoms. The maximum Gasteiger partial charge on any atom is 0.410 e. The molecule has 3 aliphatic rings. The first-order valence-electron chi connectivity index (χ1n) is 21.9. The lowest BCUT2D eigenvalue weighted by Crippen LogP contribution is -2.69. The van der Waals surface area contributed by atoms with Gasteiger partial charge in [-0.1, -0.05) is 20.3 Å². The number of carbonyl (C=O) groups excluding carboxylic acids is 4. The summed E-state index contributed by atoms with van der Waals surface area (Å²) in [7, 11) is 1.34. The summed E-state index contributed by atoms with van der Waals surface area (Å²) in [5.74, 6) is -1.55. The van der Waals surface area contributed by atoms with Crippen molar-refractivity contribution in [3.63, 3.8) is 0 Å². The molecular formula is C44H68N4O17. The van der Waals surface area contributed by atoms with E-state index in [2.05, 4.69) is 10.6 Å². The molecule has 2 fully saturated rings. The number of alkyl carbamates (subject to hydrolysis) is 1. The Morgan fingerprint density at radius 3 is 2.20 bits per heavy atom. The first-order valence-corrected chi connectivity index (χ1v) is 21.9. The average molecular weight is 925 g/mol. The quantitative estimate of drug-likeness (QED) is 0.0599. The minimum absolute atomic E-state index is 0.0560. The van der Waals surface area contributed by atoms with Crippen LogP contribution in [0.3, 0.4) is 0 Å². The van der Waals surface area contributed by atoms with Gasteiger partial charge in [-0.05, 0) is 97.4 Å². The molecule has 1 aliphatic carbocycles. The van der Waals surface area contributed by atoms with Crippen LogP contribution in [-0.2, 0) is 49.4 Å². The Labute approximate surface area is 379 Å². The van der Waals surface area contributed by atoms with Crippen LogP contribution in [0.1, 0.15) is 106 Å². The number of rotatable bonds is 16. The Balaban J connectivity index is 1.57. The predicted octanol–water partition coefficient (Wildman–Crippen LogP) is 3.46. The topological polar surface area (TPSA) is 284 Å². The second-order valence-corrected chi connectivity index (χ2v) is 19.1. The van der Waals surface area contributed by atoms with Gasteiger partial charge in [-0.2, -0.15) is 0 Å². The van der Waals surface area contributed by atoms with Gasteiger partial charge >= 0.3 is 18.2 Å². The molecule has 1 aromatic rings. The van der Waals surface area contributed by atoms with Crippen LogP contribution < -0.4 is 10.6 Å². The molecule has 3 amide bonds. The van der Waals surface area contributed by atoms with Crippen molar-refractivity contribution in [2.45, 2.75) is 185 Å². The largest absolute Gasteiger partial charge is 0.467 e. The van der Waals surface area contributed by atoms with Gasteiger partial charge in [-0.15, -0.1) is 0 Å². The average Bonchev–Trinajstić information content (AvgIpc) is 3.19. The van der Waals surface area contributed by atoms with Gasteiger partial charge in [0.25, 0.3) is 5.69 Å². The third kappa shape index (κ3) is 15.2. The number of nitrogens with zero attached hydrogens (tertiary/aromatic N) is 2. The number of nitro benzene ring substituents is 1. The molecule has 0 aromatic heterocycles. The van der Waals surface area contributed by atoms with Crippen molar-refractivity contribution >= 4 is 29.8 Å². The highest BCUT2D eigenvalue weighted by atomic mass is 16.7. The maximum atomic E-state index is 13.2. The molecule has 1 saturated carbocycles. The molecular weight excluding hydrogens is 856 g/mol. The third-order valence-corrected chi connectivity index (χ3v) is 10.9. The van der Waals surface area contributed by atoms with Gasteiger partial charge in [0.2, 0.25) is 12.2 Å². The summed E-state index contributed by atoms with van der Waals surface area (Å²) in [4.78, 5) is 63.7. The molecule has 12 atom stereocenters. The highest BCUT2D eigenvalue weighted by molar-refractivity contribution is 5.80. The predicted molar refractivity (Wildman–Crippen MR) is 229 cm³/mol. The highest BCUT2D eigenvalue weighted by Gasteiger charge is 2.54. The van der Waals surface area contributed by atoms with Crippen molar-refractivity contribution in [3.05, 3.63) is 51.8 Å². The lowest BCUT2D eigenvalue weighted by molar-refractivity contribution is -0.384. The molecule has 4 rings (SSSR count). The van der Waals surface area contributed by atoms with Crippen molar-refractivity contribution in [1.29, 1.82) is 0 Å². The van der Waals surface area contributed by atoms with E-state index in [4.69, 9.17) is 33.2 Å². The summed E-state index contributed by atoms with van der Waals surface area (Å²) in [5.41, 5.74) is -3.10. The molecule has 366 valence electrons. The lowest BCUT2D eigenvalue weighted by Gasteiger charge is -2.50. The lowest BCUT2D eigenvalue weighted by atomic mass is 9.79. The van der Waals surface area contributed by atoms with Crippen LogP contribution in [0.15, 0.2) is 36.1 Å². The number of hydrogen-bond acceptors (Lipinski definition) is 17. The van der Waals surface area contributed by atoms with E-state index in [9.17, 15) is 49.7 Å². The summed E-state index contributed by atoms with van der Waals surface area (Å²) >= 11 is 0. The number of amides is 3. The number of nitrogens with one attached hydrogen (secondary N) is 2. The number of nitro groups is 1. The molecule has 1 saturated heterocycles. The summed E-state index contributed by atoms with van der Waals surface area (Å²) < 4.78 is 41.3. The van der Waals surface area contributed by atoms with Crippen molar-refractivity contribution in [2.24, 2.45) is 5.92 Å². The molecule has 1 aromatic carbocycles. The van der Waals surface area contributed by atoms with E-state index in [0.717, 1.165) is 4.90 Å². The molecule has 2 heterocycles. The number of non-ortho nitro benzene ring substituents is 1. The van der Waals surface area contributed by atoms with Crippen LogP contribution in [0, 0.1) is 16.0 Å². The minimum atomic E-state index is -1.79. The van der Waals surface area contributed by atoms with Crippen LogP contribution in [0.5, 0.6) is 0 Å². The zero-order valence-electron chi connectivity index (χ0n) is 38.9. The standard InChI is InChI=1S/C44H68N4O17/c1-11-12-30(49)37(53)45-29-21-24(2)34(32(51)35(29)63-39-33(52)36(44(9,56)23-60-39)47(10)41(55)65-43(6,7)8)62-38-28(46-40(54)64-42(3,4)5)19-17-27(61-38)18-20-31(50)59-22-25-13-15-26(16-14-25)48(57)58/h13-17,24,28-30,32-36,38-39,49,51-52,56H,11-12,18-23H2,1-10H3,(H,45,53)(H,46,54). The second kappa shape index (κ2) is 22.2. The van der Waals surface area contributed by atoms with Crippen molar-refractivity contribution in [2.75, 3.05) is 13.7 Å². The highest BCUT2D eigenvalue weighted by Crippen LogP contribution is 2.37. The third-order valence-electron chi connectivity index (χ3n) is 10.9. The first kappa shape index (κ1) is 53.0. The smallest absolute Gasteiger partial charge is 0.410 e.